The lowest BCUT2D eigenvalue weighted by molar-refractivity contribution is 0.442. The summed E-state index contributed by atoms with van der Waals surface area (Å²) in [4.78, 5) is 0. The van der Waals surface area contributed by atoms with Crippen LogP contribution in [-0.2, 0) is 10.0 Å². The molecule has 0 heterocycles. The molecule has 0 aliphatic carbocycles. The summed E-state index contributed by atoms with van der Waals surface area (Å²) < 4.78 is 24.8. The van der Waals surface area contributed by atoms with Gasteiger partial charge in [-0.25, -0.2) is 13.1 Å². The van der Waals surface area contributed by atoms with Gasteiger partial charge < -0.3 is 0 Å². The first-order chi connectivity index (χ1) is 5.33. The average Bonchev–Trinajstić information content (AvgIpc) is 1.85. The lowest BCUT2D eigenvalue weighted by Gasteiger charge is -2.24. The summed E-state index contributed by atoms with van der Waals surface area (Å²) in [5.74, 6) is 0.567. The van der Waals surface area contributed by atoms with Gasteiger partial charge in [0.1, 0.15) is 0 Å². The Balaban J connectivity index is 4.24. The van der Waals surface area contributed by atoms with Gasteiger partial charge in [-0.15, -0.1) is 11.6 Å². The van der Waals surface area contributed by atoms with E-state index in [0.29, 0.717) is 12.3 Å². The molecular weight excluding hydrogens is 198 g/mol. The van der Waals surface area contributed by atoms with Crippen LogP contribution in [0.3, 0.4) is 0 Å². The number of rotatable bonds is 5. The van der Waals surface area contributed by atoms with Crippen molar-refractivity contribution < 1.29 is 8.42 Å². The van der Waals surface area contributed by atoms with Crippen molar-refractivity contribution in [3.63, 3.8) is 0 Å². The Morgan fingerprint density at radius 3 is 2.25 bits per heavy atom. The SMILES string of the molecule is CCS(=O)(=O)NC(C)(C)CCCl. The van der Waals surface area contributed by atoms with Crippen molar-refractivity contribution in [3.05, 3.63) is 0 Å². The predicted octanol–water partition coefficient (Wildman–Crippen LogP) is 1.33. The van der Waals surface area contributed by atoms with E-state index in [2.05, 4.69) is 4.72 Å². The summed E-state index contributed by atoms with van der Waals surface area (Å²) in [6, 6.07) is 0. The summed E-state index contributed by atoms with van der Waals surface area (Å²) in [5, 5.41) is 0. The molecule has 0 amide bonds. The monoisotopic (exact) mass is 213 g/mol. The minimum atomic E-state index is -3.11. The van der Waals surface area contributed by atoms with Gasteiger partial charge in [-0.3, -0.25) is 0 Å². The summed E-state index contributed by atoms with van der Waals surface area (Å²) >= 11 is 5.52. The fraction of sp³-hybridized carbons (Fsp3) is 1.00. The van der Waals surface area contributed by atoms with Gasteiger partial charge in [0.05, 0.1) is 5.75 Å². The Kier molecular flexibility index (Phi) is 4.51. The number of halogens is 1. The number of hydrogen-bond donors (Lipinski definition) is 1. The van der Waals surface area contributed by atoms with E-state index in [1.54, 1.807) is 6.92 Å². The first-order valence-corrected chi connectivity index (χ1v) is 6.09. The number of hydrogen-bond acceptors (Lipinski definition) is 2. The van der Waals surface area contributed by atoms with E-state index in [-0.39, 0.29) is 5.75 Å². The normalized spacial score (nSPS) is 13.3. The summed E-state index contributed by atoms with van der Waals surface area (Å²) in [6.07, 6.45) is 0.633. The Morgan fingerprint density at radius 1 is 1.42 bits per heavy atom. The largest absolute Gasteiger partial charge is 0.212 e. The summed E-state index contributed by atoms with van der Waals surface area (Å²) in [5.41, 5.74) is -0.434. The van der Waals surface area contributed by atoms with E-state index in [1.165, 1.54) is 0 Å². The fourth-order valence-corrected chi connectivity index (χ4v) is 2.34. The molecule has 5 heteroatoms. The zero-order valence-corrected chi connectivity index (χ0v) is 9.30. The van der Waals surface area contributed by atoms with E-state index in [0.717, 1.165) is 0 Å². The van der Waals surface area contributed by atoms with Crippen LogP contribution in [0.2, 0.25) is 0 Å². The van der Waals surface area contributed by atoms with Crippen molar-refractivity contribution in [2.24, 2.45) is 0 Å². The van der Waals surface area contributed by atoms with E-state index < -0.39 is 15.6 Å². The van der Waals surface area contributed by atoms with Gasteiger partial charge in [-0.05, 0) is 27.2 Å². The van der Waals surface area contributed by atoms with Gasteiger partial charge in [0.2, 0.25) is 10.0 Å². The van der Waals surface area contributed by atoms with Gasteiger partial charge in [-0.2, -0.15) is 0 Å². The molecule has 0 aliphatic rings. The topological polar surface area (TPSA) is 46.2 Å². The third-order valence-corrected chi connectivity index (χ3v) is 3.34. The third kappa shape index (κ3) is 4.95. The molecule has 1 N–H and O–H groups in total. The van der Waals surface area contributed by atoms with Crippen LogP contribution in [0.1, 0.15) is 27.2 Å². The maximum absolute atomic E-state index is 11.1. The van der Waals surface area contributed by atoms with Crippen LogP contribution in [-0.4, -0.2) is 25.6 Å². The van der Waals surface area contributed by atoms with Crippen LogP contribution < -0.4 is 4.72 Å². The molecule has 0 aromatic heterocycles. The molecule has 0 spiro atoms. The van der Waals surface area contributed by atoms with Gasteiger partial charge in [-0.1, -0.05) is 0 Å². The van der Waals surface area contributed by atoms with Crippen molar-refractivity contribution in [1.29, 1.82) is 0 Å². The van der Waals surface area contributed by atoms with Gasteiger partial charge in [0.15, 0.2) is 0 Å². The molecule has 0 bridgehead atoms. The quantitative estimate of drug-likeness (QED) is 0.701. The molecule has 74 valence electrons. The average molecular weight is 214 g/mol. The van der Waals surface area contributed by atoms with Crippen LogP contribution in [0.25, 0.3) is 0 Å². The van der Waals surface area contributed by atoms with Crippen LogP contribution >= 0.6 is 11.6 Å². The molecule has 0 atom stereocenters. The molecule has 12 heavy (non-hydrogen) atoms. The van der Waals surface area contributed by atoms with Crippen molar-refractivity contribution in [2.75, 3.05) is 11.6 Å². The first kappa shape index (κ1) is 12.2. The zero-order valence-electron chi connectivity index (χ0n) is 7.72. The Morgan fingerprint density at radius 2 is 1.92 bits per heavy atom. The maximum atomic E-state index is 11.1. The lowest BCUT2D eigenvalue weighted by Crippen LogP contribution is -2.44. The minimum absolute atomic E-state index is 0.110. The van der Waals surface area contributed by atoms with Crippen molar-refractivity contribution in [1.82, 2.24) is 4.72 Å². The molecule has 0 saturated carbocycles. The Labute approximate surface area is 79.5 Å². The van der Waals surface area contributed by atoms with Gasteiger partial charge in [0.25, 0.3) is 0 Å². The smallest absolute Gasteiger partial charge is 0.211 e. The Bertz CT molecular complexity index is 224. The van der Waals surface area contributed by atoms with Crippen LogP contribution in [0.15, 0.2) is 0 Å². The van der Waals surface area contributed by atoms with Crippen molar-refractivity contribution >= 4 is 21.6 Å². The standard InChI is InChI=1S/C7H16ClNO2S/c1-4-12(10,11)9-7(2,3)5-6-8/h9H,4-6H2,1-3H3. The summed E-state index contributed by atoms with van der Waals surface area (Å²) in [7, 11) is -3.11. The first-order valence-electron chi connectivity index (χ1n) is 3.90. The van der Waals surface area contributed by atoms with Gasteiger partial charge >= 0.3 is 0 Å². The highest BCUT2D eigenvalue weighted by Crippen LogP contribution is 2.10. The second-order valence-electron chi connectivity index (χ2n) is 3.33. The molecule has 0 aliphatic heterocycles. The molecule has 0 aromatic rings. The third-order valence-electron chi connectivity index (χ3n) is 1.53. The molecule has 0 fully saturated rings. The minimum Gasteiger partial charge on any atom is -0.212 e. The molecule has 0 saturated heterocycles. The second kappa shape index (κ2) is 4.44. The van der Waals surface area contributed by atoms with Gasteiger partial charge in [0, 0.05) is 11.4 Å². The molecular formula is C7H16ClNO2S. The van der Waals surface area contributed by atoms with E-state index in [9.17, 15) is 8.42 Å². The molecule has 3 nitrogen and oxygen atoms in total. The maximum Gasteiger partial charge on any atom is 0.211 e. The highest BCUT2D eigenvalue weighted by atomic mass is 35.5. The fourth-order valence-electron chi connectivity index (χ4n) is 0.780. The molecule has 0 radical (unpaired) electrons. The van der Waals surface area contributed by atoms with Crippen molar-refractivity contribution in [2.45, 2.75) is 32.7 Å². The molecule has 0 aromatic carbocycles. The highest BCUT2D eigenvalue weighted by molar-refractivity contribution is 7.89. The van der Waals surface area contributed by atoms with E-state index in [1.807, 2.05) is 13.8 Å². The number of sulfonamides is 1. The molecule has 0 unspecified atom stereocenters. The lowest BCUT2D eigenvalue weighted by atomic mass is 10.0. The molecule has 0 rings (SSSR count). The highest BCUT2D eigenvalue weighted by Gasteiger charge is 2.22. The Hall–Kier alpha value is 0.200. The summed E-state index contributed by atoms with van der Waals surface area (Å²) in [6.45, 7) is 5.25. The number of alkyl halides is 1. The van der Waals surface area contributed by atoms with Crippen molar-refractivity contribution in [3.8, 4) is 0 Å². The second-order valence-corrected chi connectivity index (χ2v) is 5.72. The van der Waals surface area contributed by atoms with Crippen LogP contribution in [0.4, 0.5) is 0 Å². The number of nitrogens with one attached hydrogen (secondary N) is 1. The zero-order chi connectivity index (χ0) is 9.83. The van der Waals surface area contributed by atoms with E-state index in [4.69, 9.17) is 11.6 Å². The van der Waals surface area contributed by atoms with E-state index >= 15 is 0 Å². The van der Waals surface area contributed by atoms with Crippen LogP contribution in [0, 0.1) is 0 Å². The predicted molar refractivity (Wildman–Crippen MR) is 52.0 cm³/mol. The van der Waals surface area contributed by atoms with Crippen LogP contribution in [0.5, 0.6) is 0 Å².